The molecule has 0 spiro atoms. The van der Waals surface area contributed by atoms with Crippen LogP contribution in [-0.4, -0.2) is 43.5 Å². The Hall–Kier alpha value is -1.82. The largest absolute Gasteiger partial charge is 0.381 e. The van der Waals surface area contributed by atoms with Crippen molar-refractivity contribution in [2.75, 3.05) is 27.2 Å². The Balaban J connectivity index is -0.000000120. The van der Waals surface area contributed by atoms with Crippen LogP contribution in [-0.2, 0) is 0 Å². The molecule has 1 saturated carbocycles. The van der Waals surface area contributed by atoms with E-state index in [0.717, 1.165) is 61.5 Å². The van der Waals surface area contributed by atoms with Crippen LogP contribution in [0.25, 0.3) is 0 Å². The van der Waals surface area contributed by atoms with Gasteiger partial charge in [0.05, 0.1) is 0 Å². The van der Waals surface area contributed by atoms with Gasteiger partial charge in [0.2, 0.25) is 0 Å². The lowest BCUT2D eigenvalue weighted by molar-refractivity contribution is -0.252. The van der Waals surface area contributed by atoms with Crippen LogP contribution in [0.2, 0.25) is 0 Å². The highest BCUT2D eigenvalue weighted by Crippen LogP contribution is 2.73. The van der Waals surface area contributed by atoms with Crippen molar-refractivity contribution in [3.05, 3.63) is 23.4 Å². The lowest BCUT2D eigenvalue weighted by Gasteiger charge is -2.73. The molecule has 90 heavy (non-hydrogen) atoms. The minimum atomic E-state index is 0.187. The normalized spacial score (nSPS) is 15.6. The minimum absolute atomic E-state index is 0.187. The van der Waals surface area contributed by atoms with E-state index in [1.165, 1.54) is 63.5 Å². The van der Waals surface area contributed by atoms with Crippen LogP contribution < -0.4 is 0 Å². The molecule has 0 amide bonds. The molecule has 1 fully saturated rings. The predicted octanol–water partition coefficient (Wildman–Crippen LogP) is 30.5. The van der Waals surface area contributed by atoms with Gasteiger partial charge in [-0.25, -0.2) is 0 Å². The summed E-state index contributed by atoms with van der Waals surface area (Å²) in [4.78, 5) is 10.2. The lowest BCUT2D eigenvalue weighted by atomic mass is 9.31. The van der Waals surface area contributed by atoms with E-state index in [0.29, 0.717) is 48.7 Å². The summed E-state index contributed by atoms with van der Waals surface area (Å²) in [6.45, 7) is 115. The van der Waals surface area contributed by atoms with Crippen molar-refractivity contribution in [3.8, 4) is 11.8 Å². The van der Waals surface area contributed by atoms with E-state index in [1.54, 1.807) is 11.1 Å². The molecule has 0 N–H and O–H groups in total. The molecular formula is C87H183N3. The van der Waals surface area contributed by atoms with Crippen LogP contribution in [0, 0.1) is 94.6 Å². The maximum absolute atomic E-state index is 4.04. The molecule has 0 aromatic rings. The first-order valence-electron chi connectivity index (χ1n) is 37.5. The van der Waals surface area contributed by atoms with E-state index in [9.17, 15) is 0 Å². The van der Waals surface area contributed by atoms with Crippen LogP contribution in [0.4, 0.5) is 0 Å². The number of hydrogen-bond acceptors (Lipinski definition) is 3. The van der Waals surface area contributed by atoms with Crippen LogP contribution in [0.15, 0.2) is 33.4 Å². The molecule has 3 heteroatoms. The van der Waals surface area contributed by atoms with Gasteiger partial charge in [0.25, 0.3) is 0 Å². The molecule has 0 aromatic carbocycles. The molecule has 0 atom stereocenters. The van der Waals surface area contributed by atoms with E-state index in [4.69, 9.17) is 0 Å². The maximum Gasteiger partial charge on any atom is 0.0360 e. The summed E-state index contributed by atoms with van der Waals surface area (Å²) in [5.74, 6) is 9.15. The Bertz CT molecular complexity index is 1800. The summed E-state index contributed by atoms with van der Waals surface area (Å²) in [7, 11) is 4.08. The summed E-state index contributed by atoms with van der Waals surface area (Å²) in [6, 6.07) is 0. The van der Waals surface area contributed by atoms with Gasteiger partial charge in [-0.15, -0.1) is 0 Å². The van der Waals surface area contributed by atoms with Crippen molar-refractivity contribution in [1.29, 1.82) is 0 Å². The average molecular weight is 1270 g/mol. The molecule has 1 aliphatic carbocycles. The third kappa shape index (κ3) is 49.7. The van der Waals surface area contributed by atoms with E-state index in [-0.39, 0.29) is 16.2 Å². The summed E-state index contributed by atoms with van der Waals surface area (Å²) in [5.41, 5.74) is 11.5. The van der Waals surface area contributed by atoms with Gasteiger partial charge in [-0.1, -0.05) is 324 Å². The van der Waals surface area contributed by atoms with Crippen molar-refractivity contribution in [3.63, 3.8) is 0 Å². The quantitative estimate of drug-likeness (QED) is 0.0720. The van der Waals surface area contributed by atoms with Gasteiger partial charge >= 0.3 is 0 Å². The highest BCUT2D eigenvalue weighted by atomic mass is 15.1. The van der Waals surface area contributed by atoms with Gasteiger partial charge in [0.1, 0.15) is 0 Å². The summed E-state index contributed by atoms with van der Waals surface area (Å²) in [6.07, 6.45) is 14.8. The number of rotatable bonds is 19. The second kappa shape index (κ2) is 48.8. The van der Waals surface area contributed by atoms with Crippen molar-refractivity contribution in [1.82, 2.24) is 4.90 Å². The number of hydrogen-bond donors (Lipinski definition) is 0. The zero-order chi connectivity index (χ0) is 74.9. The molecule has 1 aliphatic rings. The monoisotopic (exact) mass is 1270 g/mol. The van der Waals surface area contributed by atoms with Gasteiger partial charge in [-0.2, -0.15) is 0 Å². The highest BCUT2D eigenvalue weighted by molar-refractivity contribution is 5.79. The van der Waals surface area contributed by atoms with Crippen molar-refractivity contribution >= 4 is 11.4 Å². The molecule has 0 unspecified atom stereocenters. The Labute approximate surface area is 577 Å². The van der Waals surface area contributed by atoms with E-state index >= 15 is 0 Å². The fourth-order valence-corrected chi connectivity index (χ4v) is 10.8. The van der Waals surface area contributed by atoms with E-state index in [2.05, 4.69) is 324 Å². The Morgan fingerprint density at radius 3 is 0.733 bits per heavy atom. The maximum atomic E-state index is 4.04. The number of allylic oxidation sites excluding steroid dienone is 3. The topological polar surface area (TPSA) is 28.0 Å². The zero-order valence-corrected chi connectivity index (χ0v) is 73.2. The molecule has 1 rings (SSSR count). The molecule has 546 valence electrons. The fourth-order valence-electron chi connectivity index (χ4n) is 10.8. The molecule has 0 heterocycles. The smallest absolute Gasteiger partial charge is 0.0360 e. The molecule has 0 aliphatic heterocycles. The van der Waals surface area contributed by atoms with Crippen LogP contribution in [0.3, 0.4) is 0 Å². The zero-order valence-electron chi connectivity index (χ0n) is 73.2. The van der Waals surface area contributed by atoms with Crippen molar-refractivity contribution in [2.45, 2.75) is 409 Å². The van der Waals surface area contributed by atoms with Crippen LogP contribution in [0.1, 0.15) is 409 Å². The number of nitrogens with zero attached hydrogens (tertiary/aromatic N) is 3. The van der Waals surface area contributed by atoms with Crippen molar-refractivity contribution < 1.29 is 0 Å². The Kier molecular flexibility index (Phi) is 58.0. The second-order valence-corrected chi connectivity index (χ2v) is 36.1. The number of aliphatic imine (C=N–C) groups is 2. The SMILES string of the molecule is C=C(N(C)C)C(C)(C)CC.CCC.CCC(C)(C)/C(C)=C(/C)C(C)(C)CC.CCC(C)(C)C.CCC(C)(C)C#CC(C)(C)CC.CCC(C)(C)C(C)C.CCC(C)(C)C1C(C)(C)C(C(C)(C)CC)C1(C)C.CCC(C)(C)CC.CCN=C(C)C.CCN=C(C)C. The summed E-state index contributed by atoms with van der Waals surface area (Å²) in [5, 5.41) is 0. The molecule has 0 radical (unpaired) electrons. The average Bonchev–Trinajstić information content (AvgIpc) is 0.689. The van der Waals surface area contributed by atoms with Gasteiger partial charge in [-0.05, 0) is 182 Å². The van der Waals surface area contributed by atoms with Gasteiger partial charge in [-0.3, -0.25) is 9.98 Å². The first-order chi connectivity index (χ1) is 39.9. The molecule has 0 aromatic heterocycles. The first kappa shape index (κ1) is 107. The minimum Gasteiger partial charge on any atom is -0.381 e. The van der Waals surface area contributed by atoms with Gasteiger partial charge < -0.3 is 4.90 Å². The molecule has 0 bridgehead atoms. The highest BCUT2D eigenvalue weighted by Gasteiger charge is 2.68. The third-order valence-corrected chi connectivity index (χ3v) is 21.8. The Morgan fingerprint density at radius 2 is 0.644 bits per heavy atom. The van der Waals surface area contributed by atoms with E-state index < -0.39 is 0 Å². The summed E-state index contributed by atoms with van der Waals surface area (Å²) < 4.78 is 0. The molecular weight excluding hydrogens is 1090 g/mol. The van der Waals surface area contributed by atoms with Gasteiger partial charge in [0.15, 0.2) is 0 Å². The van der Waals surface area contributed by atoms with Crippen LogP contribution in [0.5, 0.6) is 0 Å². The Morgan fingerprint density at radius 1 is 0.400 bits per heavy atom. The molecule has 0 saturated heterocycles. The first-order valence-corrected chi connectivity index (χ1v) is 37.5. The summed E-state index contributed by atoms with van der Waals surface area (Å²) >= 11 is 0. The van der Waals surface area contributed by atoms with Crippen molar-refractivity contribution in [2.24, 2.45) is 92.7 Å². The predicted molar refractivity (Wildman–Crippen MR) is 430 cm³/mol. The second-order valence-electron chi connectivity index (χ2n) is 36.1. The van der Waals surface area contributed by atoms with Crippen LogP contribution >= 0.6 is 0 Å². The lowest BCUT2D eigenvalue weighted by Crippen LogP contribution is -2.67. The molecule has 3 nitrogen and oxygen atoms in total. The van der Waals surface area contributed by atoms with E-state index in [1.807, 2.05) is 55.6 Å². The van der Waals surface area contributed by atoms with Gasteiger partial charge in [0, 0.05) is 60.6 Å². The fraction of sp³-hybridized carbons (Fsp3) is 0.908. The standard InChI is InChI=1S/C18H36.C14H28.C12H22.C9H19N.C8H18.C7H16.C6H14.2C5H11N.C3H8/c1-11-15(3,4)13-17(7,8)14(18(13,9)10)16(5,6)12-2;1-9-13(5,6)11(3)12(4)14(7,8)10-2;1-7-11(3,4)9-10-12(5,6)8-2;1-7-9(3,4)8(2)10(5)6;1-6-8(4,5)7(2)3;1-5-7(3,4)6-2;1-5-6(2,3)4;2*1-4-6-5(2)3;1-3-2/h13-14H,11-12H2,1-10H3;9-10H2,1-8H3;7-8H2,1-6H3;2,7H2,1,3-6H3;7H,6H2,1-5H3;5-6H2,1-4H3;5H2,1-4H3;2*4H2,1-3H3;3H2,1-2H3/b;12-11-;;;;;;;;. The third-order valence-electron chi connectivity index (χ3n) is 21.8.